The second kappa shape index (κ2) is 8.24. The van der Waals surface area contributed by atoms with Gasteiger partial charge in [-0.3, -0.25) is 4.79 Å². The number of hydrogen-bond donors (Lipinski definition) is 3. The van der Waals surface area contributed by atoms with Crippen molar-refractivity contribution in [3.8, 4) is 5.75 Å². The molecule has 0 fully saturated rings. The largest absolute Gasteiger partial charge is 0.508 e. The van der Waals surface area contributed by atoms with E-state index in [1.165, 1.54) is 6.07 Å². The van der Waals surface area contributed by atoms with Gasteiger partial charge in [0, 0.05) is 22.9 Å². The number of aromatic hydroxyl groups is 1. The molecule has 0 radical (unpaired) electrons. The summed E-state index contributed by atoms with van der Waals surface area (Å²) in [6.45, 7) is 7.05. The Balaban J connectivity index is 2.22. The molecule has 146 valence electrons. The Bertz CT molecular complexity index is 930. The van der Waals surface area contributed by atoms with Crippen LogP contribution in [0.4, 0.5) is 0 Å². The number of phenolic OH excluding ortho intramolecular Hbond substituents is 1. The van der Waals surface area contributed by atoms with Crippen LogP contribution in [-0.4, -0.2) is 28.1 Å². The van der Waals surface area contributed by atoms with Crippen LogP contribution in [0, 0.1) is 19.8 Å². The average Bonchev–Trinajstić information content (AvgIpc) is 2.62. The van der Waals surface area contributed by atoms with Gasteiger partial charge in [-0.2, -0.15) is 0 Å². The molecule has 0 saturated carbocycles. The lowest BCUT2D eigenvalue weighted by molar-refractivity contribution is -0.143. The van der Waals surface area contributed by atoms with Gasteiger partial charge in [0.25, 0.3) is 0 Å². The molecule has 0 saturated heterocycles. The van der Waals surface area contributed by atoms with Gasteiger partial charge >= 0.3 is 11.6 Å². The molecule has 2 rings (SSSR count). The van der Waals surface area contributed by atoms with Gasteiger partial charge in [0.05, 0.1) is 0 Å². The molecule has 7 heteroatoms. The molecule has 1 amide bonds. The van der Waals surface area contributed by atoms with Gasteiger partial charge in [-0.15, -0.1) is 0 Å². The van der Waals surface area contributed by atoms with Gasteiger partial charge in [-0.25, -0.2) is 9.59 Å². The smallest absolute Gasteiger partial charge is 0.339 e. The zero-order valence-electron chi connectivity index (χ0n) is 16.0. The first-order valence-electron chi connectivity index (χ1n) is 8.94. The zero-order chi connectivity index (χ0) is 20.3. The quantitative estimate of drug-likeness (QED) is 0.641. The Labute approximate surface area is 157 Å². The first kappa shape index (κ1) is 20.5. The lowest BCUT2D eigenvalue weighted by Gasteiger charge is -2.20. The van der Waals surface area contributed by atoms with Crippen LogP contribution >= 0.6 is 0 Å². The molecule has 0 aliphatic rings. The number of amides is 1. The van der Waals surface area contributed by atoms with Crippen LogP contribution in [-0.2, 0) is 16.0 Å². The Morgan fingerprint density at radius 2 is 1.89 bits per heavy atom. The number of phenols is 1. The number of rotatable bonds is 7. The van der Waals surface area contributed by atoms with E-state index in [0.717, 1.165) is 0 Å². The second-order valence-corrected chi connectivity index (χ2v) is 6.85. The summed E-state index contributed by atoms with van der Waals surface area (Å²) in [5.41, 5.74) is 1.31. The molecular formula is C20H25NO6. The van der Waals surface area contributed by atoms with Crippen molar-refractivity contribution in [1.82, 2.24) is 5.32 Å². The molecule has 27 heavy (non-hydrogen) atoms. The van der Waals surface area contributed by atoms with Crippen LogP contribution in [0.3, 0.4) is 0 Å². The molecular weight excluding hydrogens is 350 g/mol. The lowest BCUT2D eigenvalue weighted by atomic mass is 9.98. The number of nitrogens with one attached hydrogen (secondary N) is 1. The first-order valence-corrected chi connectivity index (χ1v) is 8.94. The fourth-order valence-corrected chi connectivity index (χ4v) is 3.03. The fourth-order valence-electron chi connectivity index (χ4n) is 3.03. The third-order valence-corrected chi connectivity index (χ3v) is 5.07. The SMILES string of the molecule is CC[C@H](C)[C@@H](NC(=O)CCc1c(C)c2ccc(O)c(C)c2oc1=O)C(=O)O. The third kappa shape index (κ3) is 4.30. The maximum Gasteiger partial charge on any atom is 0.339 e. The van der Waals surface area contributed by atoms with E-state index < -0.39 is 23.5 Å². The number of hydrogen-bond acceptors (Lipinski definition) is 5. The van der Waals surface area contributed by atoms with Crippen molar-refractivity contribution >= 4 is 22.8 Å². The number of carbonyl (C=O) groups is 2. The van der Waals surface area contributed by atoms with Crippen LogP contribution in [0.2, 0.25) is 0 Å². The number of carbonyl (C=O) groups excluding carboxylic acids is 1. The minimum absolute atomic E-state index is 0.0195. The molecule has 2 aromatic rings. The third-order valence-electron chi connectivity index (χ3n) is 5.07. The number of aliphatic carboxylic acids is 1. The Morgan fingerprint density at radius 1 is 1.22 bits per heavy atom. The number of fused-ring (bicyclic) bond motifs is 1. The lowest BCUT2D eigenvalue weighted by Crippen LogP contribution is -2.45. The van der Waals surface area contributed by atoms with E-state index in [4.69, 9.17) is 4.42 Å². The molecule has 0 spiro atoms. The van der Waals surface area contributed by atoms with Crippen LogP contribution in [0.15, 0.2) is 21.3 Å². The van der Waals surface area contributed by atoms with Crippen LogP contribution < -0.4 is 10.9 Å². The summed E-state index contributed by atoms with van der Waals surface area (Å²) in [5, 5.41) is 22.3. The van der Waals surface area contributed by atoms with E-state index in [0.29, 0.717) is 34.1 Å². The summed E-state index contributed by atoms with van der Waals surface area (Å²) >= 11 is 0. The molecule has 2 atom stereocenters. The molecule has 1 aromatic heterocycles. The van der Waals surface area contributed by atoms with Crippen molar-refractivity contribution in [3.05, 3.63) is 39.2 Å². The molecule has 1 aromatic carbocycles. The first-order chi connectivity index (χ1) is 12.7. The van der Waals surface area contributed by atoms with Crippen molar-refractivity contribution < 1.29 is 24.2 Å². The van der Waals surface area contributed by atoms with Gasteiger partial charge in [0.15, 0.2) is 0 Å². The standard InChI is InChI=1S/C20H25NO6/c1-5-10(2)17(19(24)25)21-16(23)9-7-14-11(3)13-6-8-15(22)12(4)18(13)27-20(14)26/h6,8,10,17,22H,5,7,9H2,1-4H3,(H,21,23)(H,24,25)/t10-,17+/m0/s1. The van der Waals surface area contributed by atoms with Gasteiger partial charge in [0.2, 0.25) is 5.91 Å². The van der Waals surface area contributed by atoms with Gasteiger partial charge in [-0.05, 0) is 43.9 Å². The number of carboxylic acids is 1. The Hall–Kier alpha value is -2.83. The summed E-state index contributed by atoms with van der Waals surface area (Å²) < 4.78 is 5.35. The van der Waals surface area contributed by atoms with Crippen molar-refractivity contribution in [2.75, 3.05) is 0 Å². The maximum absolute atomic E-state index is 12.3. The minimum Gasteiger partial charge on any atom is -0.508 e. The molecule has 1 heterocycles. The minimum atomic E-state index is -1.07. The van der Waals surface area contributed by atoms with Crippen LogP contribution in [0.25, 0.3) is 11.0 Å². The van der Waals surface area contributed by atoms with Crippen molar-refractivity contribution in [2.24, 2.45) is 5.92 Å². The molecule has 0 unspecified atom stereocenters. The van der Waals surface area contributed by atoms with E-state index in [1.807, 2.05) is 6.92 Å². The van der Waals surface area contributed by atoms with E-state index >= 15 is 0 Å². The maximum atomic E-state index is 12.3. The molecule has 0 aliphatic heterocycles. The van der Waals surface area contributed by atoms with Gasteiger partial charge < -0.3 is 19.9 Å². The predicted molar refractivity (Wildman–Crippen MR) is 101 cm³/mol. The number of carboxylic acid groups (broad SMARTS) is 1. The molecule has 7 nitrogen and oxygen atoms in total. The number of aryl methyl sites for hydroxylation is 2. The highest BCUT2D eigenvalue weighted by molar-refractivity contribution is 5.86. The average molecular weight is 375 g/mol. The van der Waals surface area contributed by atoms with Crippen molar-refractivity contribution in [2.45, 2.75) is 53.0 Å². The summed E-state index contributed by atoms with van der Waals surface area (Å²) in [4.78, 5) is 35.9. The normalized spacial score (nSPS) is 13.3. The van der Waals surface area contributed by atoms with E-state index in [-0.39, 0.29) is 24.5 Å². The van der Waals surface area contributed by atoms with Crippen LogP contribution in [0.5, 0.6) is 5.75 Å². The van der Waals surface area contributed by atoms with Crippen molar-refractivity contribution in [3.63, 3.8) is 0 Å². The Morgan fingerprint density at radius 3 is 2.48 bits per heavy atom. The van der Waals surface area contributed by atoms with Crippen LogP contribution in [0.1, 0.15) is 43.4 Å². The monoisotopic (exact) mass is 375 g/mol. The number of benzene rings is 1. The predicted octanol–water partition coefficient (Wildman–Crippen LogP) is 2.66. The molecule has 0 bridgehead atoms. The second-order valence-electron chi connectivity index (χ2n) is 6.85. The highest BCUT2D eigenvalue weighted by Gasteiger charge is 2.25. The van der Waals surface area contributed by atoms with Gasteiger partial charge in [0.1, 0.15) is 17.4 Å². The van der Waals surface area contributed by atoms with E-state index in [9.17, 15) is 24.6 Å². The summed E-state index contributed by atoms with van der Waals surface area (Å²) in [7, 11) is 0. The summed E-state index contributed by atoms with van der Waals surface area (Å²) in [6, 6.07) is 2.25. The fraction of sp³-hybridized carbons (Fsp3) is 0.450. The highest BCUT2D eigenvalue weighted by atomic mass is 16.4. The van der Waals surface area contributed by atoms with Crippen molar-refractivity contribution in [1.29, 1.82) is 0 Å². The summed E-state index contributed by atoms with van der Waals surface area (Å²) in [5.74, 6) is -1.66. The Kier molecular flexibility index (Phi) is 6.25. The zero-order valence-corrected chi connectivity index (χ0v) is 16.0. The highest BCUT2D eigenvalue weighted by Crippen LogP contribution is 2.28. The summed E-state index contributed by atoms with van der Waals surface area (Å²) in [6.07, 6.45) is 0.744. The van der Waals surface area contributed by atoms with Gasteiger partial charge in [-0.1, -0.05) is 20.3 Å². The topological polar surface area (TPSA) is 117 Å². The molecule has 0 aliphatic carbocycles. The van der Waals surface area contributed by atoms with E-state index in [1.54, 1.807) is 26.8 Å². The van der Waals surface area contributed by atoms with E-state index in [2.05, 4.69) is 5.32 Å². The molecule has 3 N–H and O–H groups in total.